The van der Waals surface area contributed by atoms with Crippen LogP contribution in [0.4, 0.5) is 0 Å². The van der Waals surface area contributed by atoms with E-state index in [9.17, 15) is 0 Å². The zero-order valence-electron chi connectivity index (χ0n) is 4.05. The number of thiocarbonyl (C=S) groups is 1. The molecule has 0 saturated heterocycles. The Kier molecular flexibility index (Phi) is 1.60. The minimum absolute atomic E-state index is 0.236. The lowest BCUT2D eigenvalue weighted by Crippen LogP contribution is -1.90. The van der Waals surface area contributed by atoms with Gasteiger partial charge in [-0.3, -0.25) is 5.73 Å². The molecular weight excluding hydrogens is 138 g/mol. The van der Waals surface area contributed by atoms with Gasteiger partial charge in [-0.1, -0.05) is 18.3 Å². The maximum absolute atomic E-state index is 6.98. The van der Waals surface area contributed by atoms with Crippen LogP contribution < -0.4 is 5.73 Å². The molecule has 0 amide bonds. The maximum atomic E-state index is 6.98. The van der Waals surface area contributed by atoms with E-state index in [2.05, 4.69) is 12.2 Å². The summed E-state index contributed by atoms with van der Waals surface area (Å²) in [7, 11) is 0. The second-order valence-electron chi connectivity index (χ2n) is 1.31. The third kappa shape index (κ3) is 1.05. The quantitative estimate of drug-likeness (QED) is 0.547. The van der Waals surface area contributed by atoms with Gasteiger partial charge in [0, 0.05) is 0 Å². The van der Waals surface area contributed by atoms with Gasteiger partial charge in [0.05, 0.1) is 4.88 Å². The van der Waals surface area contributed by atoms with Gasteiger partial charge in [-0.15, -0.1) is 11.3 Å². The summed E-state index contributed by atoms with van der Waals surface area (Å²) < 4.78 is 0. The van der Waals surface area contributed by atoms with Crippen LogP contribution >= 0.6 is 23.6 Å². The molecule has 0 aliphatic heterocycles. The fourth-order valence-electron chi connectivity index (χ4n) is 0.408. The van der Waals surface area contributed by atoms with Crippen molar-refractivity contribution in [1.82, 2.24) is 5.73 Å². The Balaban J connectivity index is 2.93. The fourth-order valence-corrected chi connectivity index (χ4v) is 1.19. The van der Waals surface area contributed by atoms with Crippen LogP contribution in [0.15, 0.2) is 17.5 Å². The summed E-state index contributed by atoms with van der Waals surface area (Å²) >= 11 is 6.10. The minimum atomic E-state index is 0.236. The molecule has 1 aromatic rings. The lowest BCUT2D eigenvalue weighted by atomic mass is 10.5. The monoisotopic (exact) mass is 142 g/mol. The molecule has 1 rings (SSSR count). The van der Waals surface area contributed by atoms with Gasteiger partial charge in [0.25, 0.3) is 0 Å². The molecule has 0 fully saturated rings. The van der Waals surface area contributed by atoms with Gasteiger partial charge in [-0.25, -0.2) is 0 Å². The summed E-state index contributed by atoms with van der Waals surface area (Å²) in [6.07, 6.45) is 0. The normalized spacial score (nSPS) is 9.00. The molecular formula is C5H4NS2. The van der Waals surface area contributed by atoms with E-state index in [0.29, 0.717) is 0 Å². The third-order valence-corrected chi connectivity index (χ3v) is 1.98. The zero-order valence-corrected chi connectivity index (χ0v) is 5.68. The van der Waals surface area contributed by atoms with E-state index in [1.54, 1.807) is 0 Å². The Morgan fingerprint density at radius 3 is 2.75 bits per heavy atom. The predicted octanol–water partition coefficient (Wildman–Crippen LogP) is 1.71. The standard InChI is InChI=1S/C5H4NS2/c6-5(7)4-2-1-3-8-4/h1-3,6H. The molecule has 0 unspecified atom stereocenters. The summed E-state index contributed by atoms with van der Waals surface area (Å²) in [6.45, 7) is 0. The van der Waals surface area contributed by atoms with Crippen molar-refractivity contribution in [2.24, 2.45) is 0 Å². The Hall–Kier alpha value is -0.410. The number of hydrogen-bond donors (Lipinski definition) is 0. The van der Waals surface area contributed by atoms with E-state index < -0.39 is 0 Å². The molecule has 0 aromatic carbocycles. The number of nitrogens with one attached hydrogen (secondary N) is 1. The zero-order chi connectivity index (χ0) is 5.98. The molecule has 0 aliphatic rings. The van der Waals surface area contributed by atoms with Crippen molar-refractivity contribution in [2.75, 3.05) is 0 Å². The van der Waals surface area contributed by atoms with E-state index in [4.69, 9.17) is 5.73 Å². The molecule has 41 valence electrons. The molecule has 8 heavy (non-hydrogen) atoms. The first kappa shape index (κ1) is 5.72. The van der Waals surface area contributed by atoms with Gasteiger partial charge in [0.2, 0.25) is 0 Å². The van der Waals surface area contributed by atoms with Crippen molar-refractivity contribution >= 4 is 28.5 Å². The van der Waals surface area contributed by atoms with Crippen LogP contribution in [0.5, 0.6) is 0 Å². The van der Waals surface area contributed by atoms with Crippen LogP contribution in [0.25, 0.3) is 0 Å². The first-order valence-corrected chi connectivity index (χ1v) is 3.39. The number of hydrogen-bond acceptors (Lipinski definition) is 2. The molecule has 0 aliphatic carbocycles. The van der Waals surface area contributed by atoms with E-state index in [1.807, 2.05) is 17.5 Å². The van der Waals surface area contributed by atoms with Crippen LogP contribution in [0.2, 0.25) is 0 Å². The lowest BCUT2D eigenvalue weighted by Gasteiger charge is -1.82. The van der Waals surface area contributed by atoms with E-state index >= 15 is 0 Å². The topological polar surface area (TPSA) is 23.8 Å². The largest absolute Gasteiger partial charge is 0.289 e. The molecule has 1 heterocycles. The molecule has 0 atom stereocenters. The van der Waals surface area contributed by atoms with Gasteiger partial charge in [0.15, 0.2) is 0 Å². The van der Waals surface area contributed by atoms with E-state index in [1.165, 1.54) is 11.3 Å². The van der Waals surface area contributed by atoms with Crippen molar-refractivity contribution < 1.29 is 0 Å². The highest BCUT2D eigenvalue weighted by molar-refractivity contribution is 7.81. The second-order valence-corrected chi connectivity index (χ2v) is 2.66. The highest BCUT2D eigenvalue weighted by atomic mass is 32.1. The SMILES string of the molecule is [NH]C(=S)c1cccs1. The molecule has 1 radical (unpaired) electrons. The number of thiophene rings is 1. The summed E-state index contributed by atoms with van der Waals surface area (Å²) in [4.78, 5) is 1.11. The molecule has 1 nitrogen and oxygen atoms in total. The second kappa shape index (κ2) is 2.24. The summed E-state index contributed by atoms with van der Waals surface area (Å²) in [6, 6.07) is 3.74. The molecule has 0 spiro atoms. The Morgan fingerprint density at radius 1 is 1.75 bits per heavy atom. The lowest BCUT2D eigenvalue weighted by molar-refractivity contribution is 1.70. The van der Waals surface area contributed by atoms with Crippen molar-refractivity contribution in [3.05, 3.63) is 22.4 Å². The molecule has 0 bridgehead atoms. The van der Waals surface area contributed by atoms with Crippen molar-refractivity contribution in [3.63, 3.8) is 0 Å². The highest BCUT2D eigenvalue weighted by Crippen LogP contribution is 2.07. The van der Waals surface area contributed by atoms with Gasteiger partial charge < -0.3 is 0 Å². The Bertz CT molecular complexity index is 178. The Morgan fingerprint density at radius 2 is 2.50 bits per heavy atom. The third-order valence-electron chi connectivity index (χ3n) is 0.745. The van der Waals surface area contributed by atoms with Crippen LogP contribution in [-0.4, -0.2) is 4.99 Å². The first-order chi connectivity index (χ1) is 3.80. The summed E-state index contributed by atoms with van der Waals surface area (Å²) in [5.41, 5.74) is 6.98. The predicted molar refractivity (Wildman–Crippen MR) is 39.1 cm³/mol. The summed E-state index contributed by atoms with van der Waals surface area (Å²) in [5.74, 6) is 0. The van der Waals surface area contributed by atoms with Crippen molar-refractivity contribution in [3.8, 4) is 0 Å². The number of rotatable bonds is 1. The average molecular weight is 142 g/mol. The van der Waals surface area contributed by atoms with Crippen LogP contribution in [0.1, 0.15) is 4.88 Å². The molecule has 3 heteroatoms. The molecule has 1 aromatic heterocycles. The Labute approximate surface area is 57.1 Å². The van der Waals surface area contributed by atoms with E-state index in [0.717, 1.165) is 4.88 Å². The first-order valence-electron chi connectivity index (χ1n) is 2.10. The molecule has 0 saturated carbocycles. The summed E-state index contributed by atoms with van der Waals surface area (Å²) in [5, 5.41) is 1.91. The van der Waals surface area contributed by atoms with Gasteiger partial charge in [0.1, 0.15) is 4.99 Å². The minimum Gasteiger partial charge on any atom is -0.289 e. The van der Waals surface area contributed by atoms with Gasteiger partial charge in [-0.2, -0.15) is 0 Å². The van der Waals surface area contributed by atoms with Crippen LogP contribution in [-0.2, 0) is 0 Å². The van der Waals surface area contributed by atoms with Crippen molar-refractivity contribution in [2.45, 2.75) is 0 Å². The molecule has 1 N–H and O–H groups in total. The van der Waals surface area contributed by atoms with Gasteiger partial charge in [-0.05, 0) is 11.4 Å². The smallest absolute Gasteiger partial charge is 0.135 e. The average Bonchev–Trinajstić information content (AvgIpc) is 2.12. The maximum Gasteiger partial charge on any atom is 0.135 e. The van der Waals surface area contributed by atoms with Crippen LogP contribution in [0.3, 0.4) is 0 Å². The fraction of sp³-hybridized carbons (Fsp3) is 0. The van der Waals surface area contributed by atoms with Crippen LogP contribution in [0, 0.1) is 0 Å². The van der Waals surface area contributed by atoms with Gasteiger partial charge >= 0.3 is 0 Å². The van der Waals surface area contributed by atoms with E-state index in [-0.39, 0.29) is 4.99 Å². The highest BCUT2D eigenvalue weighted by Gasteiger charge is 1.93. The van der Waals surface area contributed by atoms with Crippen molar-refractivity contribution in [1.29, 1.82) is 0 Å².